The summed E-state index contributed by atoms with van der Waals surface area (Å²) in [6.45, 7) is 11.6. The summed E-state index contributed by atoms with van der Waals surface area (Å²) in [4.78, 5) is 39.5. The molecule has 0 spiro atoms. The number of ether oxygens (including phenoxy) is 3. The van der Waals surface area contributed by atoms with Crippen LogP contribution in [0.1, 0.15) is 76.5 Å². The molecule has 2 amide bonds. The molecule has 0 radical (unpaired) electrons. The van der Waals surface area contributed by atoms with E-state index in [1.165, 1.54) is 18.0 Å². The van der Waals surface area contributed by atoms with Crippen molar-refractivity contribution in [2.75, 3.05) is 7.11 Å². The van der Waals surface area contributed by atoms with Crippen LogP contribution >= 0.6 is 0 Å². The van der Waals surface area contributed by atoms with E-state index < -0.39 is 35.1 Å². The Morgan fingerprint density at radius 3 is 1.91 bits per heavy atom. The molecule has 1 aromatic carbocycles. The van der Waals surface area contributed by atoms with E-state index in [0.717, 1.165) is 5.56 Å². The quantitative estimate of drug-likeness (QED) is 0.359. The zero-order valence-electron chi connectivity index (χ0n) is 21.6. The first-order valence-corrected chi connectivity index (χ1v) is 11.3. The third kappa shape index (κ3) is 7.05. The molecule has 10 heteroatoms. The summed E-state index contributed by atoms with van der Waals surface area (Å²) >= 11 is 0. The minimum Gasteiger partial charge on any atom is -0.464 e. The second kappa shape index (κ2) is 10.5. The number of hydrogen-bond donors (Lipinski definition) is 1. The number of esters is 1. The van der Waals surface area contributed by atoms with Crippen LogP contribution in [0.25, 0.3) is 0 Å². The highest BCUT2D eigenvalue weighted by Gasteiger charge is 2.49. The van der Waals surface area contributed by atoms with Gasteiger partial charge in [0, 0.05) is 6.20 Å². The normalized spacial score (nSPS) is 13.5. The molecule has 1 aromatic heterocycles. The molecule has 0 aliphatic rings. The Bertz CT molecular complexity index is 1020. The van der Waals surface area contributed by atoms with Gasteiger partial charge in [0.1, 0.15) is 11.2 Å². The fourth-order valence-electron chi connectivity index (χ4n) is 3.27. The lowest BCUT2D eigenvalue weighted by atomic mass is 9.98. The van der Waals surface area contributed by atoms with Gasteiger partial charge < -0.3 is 19.3 Å². The number of carbonyl (C=O) groups is 3. The summed E-state index contributed by atoms with van der Waals surface area (Å²) < 4.78 is 17.1. The largest absolute Gasteiger partial charge is 0.464 e. The van der Waals surface area contributed by atoms with E-state index in [4.69, 9.17) is 14.2 Å². The van der Waals surface area contributed by atoms with Gasteiger partial charge >= 0.3 is 18.2 Å². The lowest BCUT2D eigenvalue weighted by Crippen LogP contribution is -2.55. The van der Waals surface area contributed by atoms with E-state index in [-0.39, 0.29) is 24.2 Å². The zero-order chi connectivity index (χ0) is 26.6. The molecule has 35 heavy (non-hydrogen) atoms. The molecule has 2 rings (SSSR count). The molecule has 1 unspecified atom stereocenters. The third-order valence-electron chi connectivity index (χ3n) is 4.77. The Kier molecular flexibility index (Phi) is 8.33. The Morgan fingerprint density at radius 1 is 0.971 bits per heavy atom. The van der Waals surface area contributed by atoms with Crippen LogP contribution in [0.3, 0.4) is 0 Å². The van der Waals surface area contributed by atoms with E-state index in [0.29, 0.717) is 4.90 Å². The van der Waals surface area contributed by atoms with Crippen LogP contribution in [0.4, 0.5) is 9.59 Å². The summed E-state index contributed by atoms with van der Waals surface area (Å²) in [6, 6.07) is 9.33. The maximum Gasteiger partial charge on any atom is 0.422 e. The smallest absolute Gasteiger partial charge is 0.422 e. The molecule has 1 N–H and O–H groups in total. The van der Waals surface area contributed by atoms with E-state index in [2.05, 4.69) is 5.10 Å². The van der Waals surface area contributed by atoms with Gasteiger partial charge in [0.25, 0.3) is 0 Å². The second-order valence-electron chi connectivity index (χ2n) is 10.0. The number of nitrogens with zero attached hydrogens (tertiary/aromatic N) is 3. The second-order valence-corrected chi connectivity index (χ2v) is 10.0. The molecule has 0 bridgehead atoms. The molecule has 1 atom stereocenters. The van der Waals surface area contributed by atoms with Crippen molar-refractivity contribution in [3.8, 4) is 0 Å². The number of carbonyl (C=O) groups excluding carboxylic acids is 3. The predicted molar refractivity (Wildman–Crippen MR) is 128 cm³/mol. The van der Waals surface area contributed by atoms with Crippen LogP contribution in [0.2, 0.25) is 0 Å². The lowest BCUT2D eigenvalue weighted by Gasteiger charge is -2.38. The van der Waals surface area contributed by atoms with Gasteiger partial charge in [0.15, 0.2) is 11.4 Å². The van der Waals surface area contributed by atoms with Gasteiger partial charge in [-0.05, 0) is 53.5 Å². The molecule has 0 fully saturated rings. The van der Waals surface area contributed by atoms with Crippen molar-refractivity contribution in [1.82, 2.24) is 14.7 Å². The van der Waals surface area contributed by atoms with Gasteiger partial charge in [0.05, 0.1) is 19.2 Å². The maximum absolute atomic E-state index is 13.2. The number of benzene rings is 1. The van der Waals surface area contributed by atoms with Gasteiger partial charge in [-0.1, -0.05) is 37.3 Å². The Balaban J connectivity index is 2.67. The highest BCUT2D eigenvalue weighted by molar-refractivity contribution is 5.92. The SMILES string of the molecule is CCC(O)(c1cn(Cc2ccccc2)nc1C(=O)OC)N(C(=O)OC(C)(C)C)C(=O)OC(C)(C)C. The Hall–Kier alpha value is -3.40. The van der Waals surface area contributed by atoms with Crippen molar-refractivity contribution in [1.29, 1.82) is 0 Å². The van der Waals surface area contributed by atoms with Crippen molar-refractivity contribution in [3.63, 3.8) is 0 Å². The van der Waals surface area contributed by atoms with Gasteiger partial charge in [-0.2, -0.15) is 10.00 Å². The number of methoxy groups -OCH3 is 1. The molecule has 10 nitrogen and oxygen atoms in total. The van der Waals surface area contributed by atoms with Crippen molar-refractivity contribution < 1.29 is 33.7 Å². The molecule has 0 saturated carbocycles. The maximum atomic E-state index is 13.2. The van der Waals surface area contributed by atoms with E-state index in [1.54, 1.807) is 48.5 Å². The van der Waals surface area contributed by atoms with Gasteiger partial charge in [-0.25, -0.2) is 14.4 Å². The number of hydrogen-bond acceptors (Lipinski definition) is 8. The van der Waals surface area contributed by atoms with Crippen LogP contribution in [-0.4, -0.2) is 56.3 Å². The molecule has 2 aromatic rings. The van der Waals surface area contributed by atoms with Crippen LogP contribution in [0, 0.1) is 0 Å². The number of imide groups is 1. The van der Waals surface area contributed by atoms with Crippen molar-refractivity contribution in [2.24, 2.45) is 0 Å². The van der Waals surface area contributed by atoms with E-state index in [1.807, 2.05) is 30.3 Å². The van der Waals surface area contributed by atoms with Crippen molar-refractivity contribution in [2.45, 2.75) is 78.4 Å². The van der Waals surface area contributed by atoms with Crippen molar-refractivity contribution in [3.05, 3.63) is 53.3 Å². The predicted octanol–water partition coefficient (Wildman–Crippen LogP) is 4.45. The molecule has 0 aliphatic carbocycles. The molecule has 192 valence electrons. The minimum atomic E-state index is -2.33. The zero-order valence-corrected chi connectivity index (χ0v) is 21.6. The highest BCUT2D eigenvalue weighted by Crippen LogP contribution is 2.35. The van der Waals surface area contributed by atoms with Gasteiger partial charge in [-0.15, -0.1) is 0 Å². The summed E-state index contributed by atoms with van der Waals surface area (Å²) in [7, 11) is 1.17. The number of amides is 2. The first-order valence-electron chi connectivity index (χ1n) is 11.3. The highest BCUT2D eigenvalue weighted by atomic mass is 16.6. The fourth-order valence-corrected chi connectivity index (χ4v) is 3.27. The van der Waals surface area contributed by atoms with Crippen molar-refractivity contribution >= 4 is 18.2 Å². The standard InChI is InChI=1S/C25H35N3O7/c1-9-25(32,28(21(30)34-23(2,3)4)22(31)35-24(5,6)7)18-16-27(26-19(18)20(29)33-8)15-17-13-11-10-12-14-17/h10-14,16,32H,9,15H2,1-8H3. The summed E-state index contributed by atoms with van der Waals surface area (Å²) in [6.07, 6.45) is -1.05. The van der Waals surface area contributed by atoms with Gasteiger partial charge in [0.2, 0.25) is 0 Å². The van der Waals surface area contributed by atoms with Crippen LogP contribution in [0.15, 0.2) is 36.5 Å². The number of aliphatic hydroxyl groups is 1. The topological polar surface area (TPSA) is 120 Å². The molecular formula is C25H35N3O7. The van der Waals surface area contributed by atoms with Crippen LogP contribution in [-0.2, 0) is 26.5 Å². The average molecular weight is 490 g/mol. The third-order valence-corrected chi connectivity index (χ3v) is 4.77. The number of aromatic nitrogens is 2. The van der Waals surface area contributed by atoms with Gasteiger partial charge in [-0.3, -0.25) is 4.68 Å². The summed E-state index contributed by atoms with van der Waals surface area (Å²) in [5.74, 6) is -0.841. The fraction of sp³-hybridized carbons (Fsp3) is 0.520. The molecule has 0 aliphatic heterocycles. The summed E-state index contributed by atoms with van der Waals surface area (Å²) in [5.41, 5.74) is -3.74. The summed E-state index contributed by atoms with van der Waals surface area (Å²) in [5, 5.41) is 16.1. The average Bonchev–Trinajstić information content (AvgIpc) is 3.15. The first kappa shape index (κ1) is 27.8. The number of rotatable bonds is 6. The molecule has 0 saturated heterocycles. The monoisotopic (exact) mass is 489 g/mol. The first-order chi connectivity index (χ1) is 16.1. The molecule has 1 heterocycles. The molecular weight excluding hydrogens is 454 g/mol. The van der Waals surface area contributed by atoms with Crippen LogP contribution in [0.5, 0.6) is 0 Å². The Labute approximate surface area is 205 Å². The Morgan fingerprint density at radius 2 is 1.49 bits per heavy atom. The van der Waals surface area contributed by atoms with E-state index >= 15 is 0 Å². The van der Waals surface area contributed by atoms with Crippen LogP contribution < -0.4 is 0 Å². The van der Waals surface area contributed by atoms with E-state index in [9.17, 15) is 19.5 Å². The minimum absolute atomic E-state index is 0.0977. The lowest BCUT2D eigenvalue weighted by molar-refractivity contribution is -0.113.